The van der Waals surface area contributed by atoms with Gasteiger partial charge in [0.1, 0.15) is 0 Å². The second-order valence-corrected chi connectivity index (χ2v) is 1.91. The monoisotopic (exact) mass is 151 g/mol. The van der Waals surface area contributed by atoms with Gasteiger partial charge in [-0.25, -0.2) is 0 Å². The van der Waals surface area contributed by atoms with Crippen LogP contribution >= 0.6 is 0 Å². The number of rotatable bonds is 2. The van der Waals surface area contributed by atoms with Crippen molar-refractivity contribution in [1.82, 2.24) is 10.2 Å². The third-order valence-electron chi connectivity index (χ3n) is 1.06. The maximum absolute atomic E-state index is 5.28. The van der Waals surface area contributed by atoms with Gasteiger partial charge in [0.25, 0.3) is 5.89 Å². The highest BCUT2D eigenvalue weighted by molar-refractivity contribution is 5.14. The topological polar surface area (TPSA) is 64.9 Å². The van der Waals surface area contributed by atoms with Crippen LogP contribution in [0.25, 0.3) is 0 Å². The Morgan fingerprint density at radius 2 is 2.36 bits per heavy atom. The van der Waals surface area contributed by atoms with Crippen LogP contribution in [0.15, 0.2) is 4.42 Å². The van der Waals surface area contributed by atoms with E-state index in [2.05, 4.69) is 22.0 Å². The first-order chi connectivity index (χ1) is 5.36. The average molecular weight is 151 g/mol. The van der Waals surface area contributed by atoms with Crippen LogP contribution in [0.2, 0.25) is 0 Å². The summed E-state index contributed by atoms with van der Waals surface area (Å²) in [6.45, 7) is 2.23. The number of nitrogens with two attached hydrogens (primary N) is 1. The Labute approximate surface area is 64.8 Å². The molecule has 0 amide bonds. The molecule has 0 aliphatic heterocycles. The first-order valence-electron chi connectivity index (χ1n) is 3.32. The van der Waals surface area contributed by atoms with Gasteiger partial charge in [0.15, 0.2) is 0 Å². The highest BCUT2D eigenvalue weighted by Gasteiger charge is 2.00. The summed E-state index contributed by atoms with van der Waals surface area (Å²) in [5.41, 5.74) is 5.28. The SMILES string of the molecule is CC#Cc1nnc(CCN)o1. The van der Waals surface area contributed by atoms with Gasteiger partial charge in [-0.2, -0.15) is 0 Å². The van der Waals surface area contributed by atoms with E-state index in [1.54, 1.807) is 6.92 Å². The molecule has 0 radical (unpaired) electrons. The molecule has 0 saturated carbocycles. The Kier molecular flexibility index (Phi) is 2.64. The summed E-state index contributed by atoms with van der Waals surface area (Å²) in [4.78, 5) is 0. The van der Waals surface area contributed by atoms with Gasteiger partial charge < -0.3 is 10.2 Å². The molecule has 0 spiro atoms. The molecule has 0 unspecified atom stereocenters. The van der Waals surface area contributed by atoms with Crippen molar-refractivity contribution < 1.29 is 4.42 Å². The van der Waals surface area contributed by atoms with Gasteiger partial charge in [0.2, 0.25) is 5.89 Å². The van der Waals surface area contributed by atoms with E-state index in [1.165, 1.54) is 0 Å². The van der Waals surface area contributed by atoms with Crippen LogP contribution in [-0.4, -0.2) is 16.7 Å². The van der Waals surface area contributed by atoms with Crippen LogP contribution in [0.1, 0.15) is 18.7 Å². The molecule has 4 nitrogen and oxygen atoms in total. The fraction of sp³-hybridized carbons (Fsp3) is 0.429. The highest BCUT2D eigenvalue weighted by Crippen LogP contribution is 1.97. The fourth-order valence-corrected chi connectivity index (χ4v) is 0.636. The molecular formula is C7H9N3O. The summed E-state index contributed by atoms with van der Waals surface area (Å²) >= 11 is 0. The van der Waals surface area contributed by atoms with Gasteiger partial charge >= 0.3 is 0 Å². The molecule has 0 fully saturated rings. The molecule has 0 saturated heterocycles. The maximum Gasteiger partial charge on any atom is 0.293 e. The van der Waals surface area contributed by atoms with E-state index in [9.17, 15) is 0 Å². The maximum atomic E-state index is 5.28. The molecule has 0 aromatic carbocycles. The zero-order valence-corrected chi connectivity index (χ0v) is 6.29. The van der Waals surface area contributed by atoms with E-state index in [4.69, 9.17) is 10.2 Å². The van der Waals surface area contributed by atoms with Gasteiger partial charge in [0.05, 0.1) is 0 Å². The Morgan fingerprint density at radius 3 is 3.00 bits per heavy atom. The summed E-state index contributed by atoms with van der Waals surface area (Å²) in [6, 6.07) is 0. The van der Waals surface area contributed by atoms with E-state index in [-0.39, 0.29) is 0 Å². The summed E-state index contributed by atoms with van der Waals surface area (Å²) in [5, 5.41) is 7.40. The molecule has 58 valence electrons. The number of aromatic nitrogens is 2. The third kappa shape index (κ3) is 2.06. The summed E-state index contributed by atoms with van der Waals surface area (Å²) < 4.78 is 5.09. The van der Waals surface area contributed by atoms with Crippen LogP contribution in [0.4, 0.5) is 0 Å². The first kappa shape index (κ1) is 7.76. The molecule has 1 aromatic rings. The van der Waals surface area contributed by atoms with Gasteiger partial charge in [0, 0.05) is 13.0 Å². The van der Waals surface area contributed by atoms with Crippen LogP contribution < -0.4 is 5.73 Å². The molecule has 0 aliphatic rings. The van der Waals surface area contributed by atoms with Gasteiger partial charge in [-0.15, -0.1) is 5.10 Å². The molecule has 1 aromatic heterocycles. The van der Waals surface area contributed by atoms with E-state index < -0.39 is 0 Å². The Bertz CT molecular complexity index is 281. The second-order valence-electron chi connectivity index (χ2n) is 1.91. The van der Waals surface area contributed by atoms with Crippen molar-refractivity contribution in [2.24, 2.45) is 5.73 Å². The van der Waals surface area contributed by atoms with Gasteiger partial charge in [-0.1, -0.05) is 11.0 Å². The Morgan fingerprint density at radius 1 is 1.55 bits per heavy atom. The van der Waals surface area contributed by atoms with Crippen molar-refractivity contribution in [3.63, 3.8) is 0 Å². The Hall–Kier alpha value is -1.34. The second kappa shape index (κ2) is 3.74. The van der Waals surface area contributed by atoms with Crippen LogP contribution in [0, 0.1) is 11.8 Å². The first-order valence-corrected chi connectivity index (χ1v) is 3.32. The lowest BCUT2D eigenvalue weighted by Gasteiger charge is -1.83. The normalized spacial score (nSPS) is 8.91. The van der Waals surface area contributed by atoms with Crippen molar-refractivity contribution >= 4 is 0 Å². The molecule has 4 heteroatoms. The third-order valence-corrected chi connectivity index (χ3v) is 1.06. The van der Waals surface area contributed by atoms with Crippen molar-refractivity contribution in [3.05, 3.63) is 11.8 Å². The van der Waals surface area contributed by atoms with Crippen molar-refractivity contribution in [2.45, 2.75) is 13.3 Å². The summed E-state index contributed by atoms with van der Waals surface area (Å²) in [7, 11) is 0. The number of hydrogen-bond donors (Lipinski definition) is 1. The highest BCUT2D eigenvalue weighted by atomic mass is 16.4. The quantitative estimate of drug-likeness (QED) is 0.601. The minimum atomic E-state index is 0.357. The van der Waals surface area contributed by atoms with Crippen molar-refractivity contribution in [1.29, 1.82) is 0 Å². The molecule has 0 bridgehead atoms. The van der Waals surface area contributed by atoms with Crippen LogP contribution in [-0.2, 0) is 6.42 Å². The fourth-order valence-electron chi connectivity index (χ4n) is 0.636. The van der Waals surface area contributed by atoms with Crippen LogP contribution in [0.5, 0.6) is 0 Å². The number of hydrogen-bond acceptors (Lipinski definition) is 4. The Balaban J connectivity index is 2.70. The van der Waals surface area contributed by atoms with Gasteiger partial charge in [-0.3, -0.25) is 0 Å². The molecule has 0 aliphatic carbocycles. The van der Waals surface area contributed by atoms with E-state index >= 15 is 0 Å². The lowest BCUT2D eigenvalue weighted by molar-refractivity contribution is 0.484. The molecule has 1 rings (SSSR count). The van der Waals surface area contributed by atoms with E-state index in [0.717, 1.165) is 0 Å². The summed E-state index contributed by atoms with van der Waals surface area (Å²) in [6.07, 6.45) is 0.610. The zero-order chi connectivity index (χ0) is 8.10. The molecule has 0 atom stereocenters. The van der Waals surface area contributed by atoms with E-state index in [1.807, 2.05) is 0 Å². The average Bonchev–Trinajstić information content (AvgIpc) is 2.38. The largest absolute Gasteiger partial charge is 0.414 e. The lowest BCUT2D eigenvalue weighted by Crippen LogP contribution is -2.02. The van der Waals surface area contributed by atoms with Crippen LogP contribution in [0.3, 0.4) is 0 Å². The smallest absolute Gasteiger partial charge is 0.293 e. The van der Waals surface area contributed by atoms with Crippen molar-refractivity contribution in [3.8, 4) is 11.8 Å². The molecule has 11 heavy (non-hydrogen) atoms. The predicted molar refractivity (Wildman–Crippen MR) is 39.6 cm³/mol. The number of nitrogens with zero attached hydrogens (tertiary/aromatic N) is 2. The summed E-state index contributed by atoms with van der Waals surface area (Å²) in [5.74, 6) is 6.22. The lowest BCUT2D eigenvalue weighted by atomic mass is 10.4. The van der Waals surface area contributed by atoms with Crippen molar-refractivity contribution in [2.75, 3.05) is 6.54 Å². The zero-order valence-electron chi connectivity index (χ0n) is 6.29. The minimum Gasteiger partial charge on any atom is -0.414 e. The molecular weight excluding hydrogens is 142 g/mol. The predicted octanol–water partition coefficient (Wildman–Crippen LogP) is -0.0578. The minimum absolute atomic E-state index is 0.357. The van der Waals surface area contributed by atoms with Gasteiger partial charge in [-0.05, 0) is 12.8 Å². The van der Waals surface area contributed by atoms with E-state index in [0.29, 0.717) is 24.7 Å². The molecule has 1 heterocycles. The standard InChI is InChI=1S/C7H9N3O/c1-2-3-6-9-10-7(11-6)4-5-8/h4-5,8H2,1H3. The molecule has 2 N–H and O–H groups in total.